The lowest BCUT2D eigenvalue weighted by Gasteiger charge is -2.02. The third-order valence-corrected chi connectivity index (χ3v) is 2.96. The highest BCUT2D eigenvalue weighted by atomic mass is 32.1. The van der Waals surface area contributed by atoms with Gasteiger partial charge < -0.3 is 5.32 Å². The molecule has 0 unspecified atom stereocenters. The molecule has 0 aliphatic carbocycles. The first-order valence-electron chi connectivity index (χ1n) is 4.81. The van der Waals surface area contributed by atoms with Crippen molar-refractivity contribution in [1.82, 2.24) is 9.59 Å². The number of benzene rings is 1. The molecular formula is C11H8N4OS. The van der Waals surface area contributed by atoms with Gasteiger partial charge in [0.15, 0.2) is 0 Å². The largest absolute Gasteiger partial charge is 0.321 e. The van der Waals surface area contributed by atoms with Crippen LogP contribution in [0.4, 0.5) is 5.69 Å². The van der Waals surface area contributed by atoms with Crippen LogP contribution in [0.5, 0.6) is 0 Å². The number of aryl methyl sites for hydroxylation is 1. The average molecular weight is 244 g/mol. The zero-order chi connectivity index (χ0) is 12.3. The highest BCUT2D eigenvalue weighted by molar-refractivity contribution is 7.08. The number of hydrogen-bond acceptors (Lipinski definition) is 5. The van der Waals surface area contributed by atoms with Crippen molar-refractivity contribution < 1.29 is 4.79 Å². The molecule has 0 aliphatic heterocycles. The molecule has 2 rings (SSSR count). The molecule has 0 saturated carbocycles. The number of nitrogens with one attached hydrogen (secondary N) is 1. The Morgan fingerprint density at radius 2 is 2.12 bits per heavy atom. The molecule has 0 radical (unpaired) electrons. The first-order valence-corrected chi connectivity index (χ1v) is 5.58. The van der Waals surface area contributed by atoms with Crippen molar-refractivity contribution >= 4 is 23.1 Å². The smallest absolute Gasteiger partial charge is 0.269 e. The van der Waals surface area contributed by atoms with Gasteiger partial charge in [0.1, 0.15) is 4.88 Å². The normalized spacial score (nSPS) is 9.65. The quantitative estimate of drug-likeness (QED) is 0.875. The fourth-order valence-corrected chi connectivity index (χ4v) is 1.81. The first-order chi connectivity index (χ1) is 8.20. The Bertz CT molecular complexity index is 582. The van der Waals surface area contributed by atoms with E-state index in [1.807, 2.05) is 6.07 Å². The van der Waals surface area contributed by atoms with Crippen molar-refractivity contribution in [3.63, 3.8) is 0 Å². The molecule has 1 aromatic heterocycles. The zero-order valence-electron chi connectivity index (χ0n) is 8.97. The van der Waals surface area contributed by atoms with E-state index in [1.165, 1.54) is 0 Å². The maximum atomic E-state index is 11.8. The number of nitrogens with zero attached hydrogens (tertiary/aromatic N) is 3. The van der Waals surface area contributed by atoms with Crippen LogP contribution < -0.4 is 5.32 Å². The summed E-state index contributed by atoms with van der Waals surface area (Å²) in [6.07, 6.45) is 0. The second-order valence-electron chi connectivity index (χ2n) is 3.33. The zero-order valence-corrected chi connectivity index (χ0v) is 9.78. The predicted octanol–water partition coefficient (Wildman–Crippen LogP) is 1.97. The number of carbonyl (C=O) groups is 1. The molecule has 1 amide bonds. The van der Waals surface area contributed by atoms with Crippen LogP contribution >= 0.6 is 11.5 Å². The van der Waals surface area contributed by atoms with Crippen LogP contribution in [-0.4, -0.2) is 15.5 Å². The second kappa shape index (κ2) is 4.72. The van der Waals surface area contributed by atoms with Gasteiger partial charge in [-0.1, -0.05) is 4.49 Å². The van der Waals surface area contributed by atoms with Gasteiger partial charge in [0, 0.05) is 5.69 Å². The minimum absolute atomic E-state index is 0.234. The van der Waals surface area contributed by atoms with E-state index in [0.717, 1.165) is 11.5 Å². The van der Waals surface area contributed by atoms with E-state index in [-0.39, 0.29) is 5.91 Å². The lowest BCUT2D eigenvalue weighted by molar-refractivity contribution is 0.103. The van der Waals surface area contributed by atoms with Gasteiger partial charge in [-0.2, -0.15) is 5.26 Å². The first kappa shape index (κ1) is 11.2. The summed E-state index contributed by atoms with van der Waals surface area (Å²) >= 11 is 1.06. The summed E-state index contributed by atoms with van der Waals surface area (Å²) in [6, 6.07) is 8.67. The Morgan fingerprint density at radius 1 is 1.41 bits per heavy atom. The van der Waals surface area contributed by atoms with E-state index < -0.39 is 0 Å². The van der Waals surface area contributed by atoms with Gasteiger partial charge in [-0.3, -0.25) is 4.79 Å². The van der Waals surface area contributed by atoms with E-state index in [1.54, 1.807) is 31.2 Å². The summed E-state index contributed by atoms with van der Waals surface area (Å²) in [5.41, 5.74) is 1.81. The van der Waals surface area contributed by atoms with Crippen LogP contribution in [-0.2, 0) is 0 Å². The van der Waals surface area contributed by atoms with Crippen LogP contribution in [0, 0.1) is 18.3 Å². The van der Waals surface area contributed by atoms with Crippen molar-refractivity contribution in [3.8, 4) is 6.07 Å². The van der Waals surface area contributed by atoms with Crippen LogP contribution in [0.25, 0.3) is 0 Å². The Morgan fingerprint density at radius 3 is 2.65 bits per heavy atom. The third-order valence-electron chi connectivity index (χ3n) is 2.13. The summed E-state index contributed by atoms with van der Waals surface area (Å²) in [4.78, 5) is 12.3. The molecule has 0 fully saturated rings. The maximum absolute atomic E-state index is 11.8. The lowest BCUT2D eigenvalue weighted by Crippen LogP contribution is -2.11. The maximum Gasteiger partial charge on any atom is 0.269 e. The van der Waals surface area contributed by atoms with E-state index in [2.05, 4.69) is 14.9 Å². The fraction of sp³-hybridized carbons (Fsp3) is 0.0909. The number of amides is 1. The Labute approximate surface area is 102 Å². The van der Waals surface area contributed by atoms with Gasteiger partial charge >= 0.3 is 0 Å². The molecule has 2 aromatic rings. The topological polar surface area (TPSA) is 78.7 Å². The van der Waals surface area contributed by atoms with E-state index in [4.69, 9.17) is 5.26 Å². The SMILES string of the molecule is Cc1nnsc1C(=O)Nc1ccc(C#N)cc1. The number of rotatable bonds is 2. The number of hydrogen-bond donors (Lipinski definition) is 1. The molecule has 84 valence electrons. The van der Waals surface area contributed by atoms with Gasteiger partial charge in [0.25, 0.3) is 5.91 Å². The summed E-state index contributed by atoms with van der Waals surface area (Å²) in [6.45, 7) is 1.73. The minimum atomic E-state index is -0.234. The summed E-state index contributed by atoms with van der Waals surface area (Å²) in [7, 11) is 0. The number of nitriles is 1. The molecule has 1 aromatic carbocycles. The van der Waals surface area contributed by atoms with Crippen LogP contribution in [0.2, 0.25) is 0 Å². The molecule has 17 heavy (non-hydrogen) atoms. The molecule has 1 N–H and O–H groups in total. The van der Waals surface area contributed by atoms with Crippen molar-refractivity contribution in [1.29, 1.82) is 5.26 Å². The van der Waals surface area contributed by atoms with Crippen molar-refractivity contribution in [3.05, 3.63) is 40.4 Å². The molecule has 6 heteroatoms. The van der Waals surface area contributed by atoms with Gasteiger partial charge in [-0.25, -0.2) is 0 Å². The number of carbonyl (C=O) groups excluding carboxylic acids is 1. The monoisotopic (exact) mass is 244 g/mol. The van der Waals surface area contributed by atoms with Gasteiger partial charge in [-0.05, 0) is 42.7 Å². The predicted molar refractivity (Wildman–Crippen MR) is 63.8 cm³/mol. The highest BCUT2D eigenvalue weighted by Crippen LogP contribution is 2.14. The molecule has 1 heterocycles. The molecule has 0 atom stereocenters. The van der Waals surface area contributed by atoms with Crippen LogP contribution in [0.3, 0.4) is 0 Å². The van der Waals surface area contributed by atoms with E-state index in [0.29, 0.717) is 21.8 Å². The molecule has 0 spiro atoms. The standard InChI is InChI=1S/C11H8N4OS/c1-7-10(17-15-14-7)11(16)13-9-4-2-8(6-12)3-5-9/h2-5H,1H3,(H,13,16). The molecule has 0 saturated heterocycles. The van der Waals surface area contributed by atoms with E-state index >= 15 is 0 Å². The summed E-state index contributed by atoms with van der Waals surface area (Å²) < 4.78 is 3.70. The number of aromatic nitrogens is 2. The molecular weight excluding hydrogens is 236 g/mol. The molecule has 5 nitrogen and oxygen atoms in total. The van der Waals surface area contributed by atoms with E-state index in [9.17, 15) is 4.79 Å². The van der Waals surface area contributed by atoms with Crippen LogP contribution in [0.1, 0.15) is 20.9 Å². The summed E-state index contributed by atoms with van der Waals surface area (Å²) in [5.74, 6) is -0.234. The molecule has 0 aliphatic rings. The Balaban J connectivity index is 2.14. The lowest BCUT2D eigenvalue weighted by atomic mass is 10.2. The highest BCUT2D eigenvalue weighted by Gasteiger charge is 2.12. The van der Waals surface area contributed by atoms with Gasteiger partial charge in [-0.15, -0.1) is 5.10 Å². The average Bonchev–Trinajstić information content (AvgIpc) is 2.76. The summed E-state index contributed by atoms with van der Waals surface area (Å²) in [5, 5.41) is 15.1. The third kappa shape index (κ3) is 2.46. The minimum Gasteiger partial charge on any atom is -0.321 e. The molecule has 0 bridgehead atoms. The van der Waals surface area contributed by atoms with Crippen LogP contribution in [0.15, 0.2) is 24.3 Å². The fourth-order valence-electron chi connectivity index (χ4n) is 1.26. The van der Waals surface area contributed by atoms with Crippen molar-refractivity contribution in [2.75, 3.05) is 5.32 Å². The Kier molecular flexibility index (Phi) is 3.12. The van der Waals surface area contributed by atoms with Crippen molar-refractivity contribution in [2.24, 2.45) is 0 Å². The second-order valence-corrected chi connectivity index (χ2v) is 4.08. The Hall–Kier alpha value is -2.26. The van der Waals surface area contributed by atoms with Gasteiger partial charge in [0.05, 0.1) is 17.3 Å². The number of anilines is 1. The van der Waals surface area contributed by atoms with Crippen molar-refractivity contribution in [2.45, 2.75) is 6.92 Å². The van der Waals surface area contributed by atoms with Gasteiger partial charge in [0.2, 0.25) is 0 Å².